The normalized spacial score (nSPS) is 17.9. The molecule has 0 amide bonds. The van der Waals surface area contributed by atoms with Crippen molar-refractivity contribution in [2.45, 2.75) is 38.7 Å². The summed E-state index contributed by atoms with van der Waals surface area (Å²) in [6.45, 7) is 2.18. The van der Waals surface area contributed by atoms with E-state index in [1.54, 1.807) is 12.1 Å². The summed E-state index contributed by atoms with van der Waals surface area (Å²) in [6, 6.07) is 9.04. The average Bonchev–Trinajstić information content (AvgIpc) is 2.91. The Hall–Kier alpha value is -4.32. The number of benzene rings is 3. The zero-order valence-corrected chi connectivity index (χ0v) is 22.0. The molecule has 3 aromatic rings. The fraction of sp³-hybridized carbons (Fsp3) is 0.250. The van der Waals surface area contributed by atoms with E-state index in [2.05, 4.69) is 11.7 Å². The maximum Gasteiger partial charge on any atom is 0.432 e. The predicted molar refractivity (Wildman–Crippen MR) is 144 cm³/mol. The van der Waals surface area contributed by atoms with E-state index < -0.39 is 40.7 Å². The third kappa shape index (κ3) is 6.88. The molecule has 1 fully saturated rings. The van der Waals surface area contributed by atoms with Crippen LogP contribution in [0.2, 0.25) is 0 Å². The molecule has 0 atom stereocenters. The van der Waals surface area contributed by atoms with Crippen LogP contribution in [-0.4, -0.2) is 6.21 Å². The van der Waals surface area contributed by atoms with Gasteiger partial charge in [-0.3, -0.25) is 0 Å². The van der Waals surface area contributed by atoms with Crippen LogP contribution in [0.3, 0.4) is 0 Å². The van der Waals surface area contributed by atoms with Crippen LogP contribution < -0.4 is 4.74 Å². The molecule has 41 heavy (non-hydrogen) atoms. The van der Waals surface area contributed by atoms with Crippen molar-refractivity contribution in [2.24, 2.45) is 11.8 Å². The highest BCUT2D eigenvalue weighted by atomic mass is 19.3. The highest BCUT2D eigenvalue weighted by molar-refractivity contribution is 5.77. The van der Waals surface area contributed by atoms with Crippen LogP contribution in [0.5, 0.6) is 5.75 Å². The van der Waals surface area contributed by atoms with Crippen molar-refractivity contribution in [2.75, 3.05) is 0 Å². The molecule has 9 heteroatoms. The zero-order chi connectivity index (χ0) is 29.7. The van der Waals surface area contributed by atoms with Gasteiger partial charge in [-0.05, 0) is 77.8 Å². The lowest BCUT2D eigenvalue weighted by molar-refractivity contribution is -0.189. The van der Waals surface area contributed by atoms with Crippen LogP contribution in [0.25, 0.3) is 17.2 Å². The Balaban J connectivity index is 1.51. The van der Waals surface area contributed by atoms with Gasteiger partial charge in [0.05, 0.1) is 5.56 Å². The quantitative estimate of drug-likeness (QED) is 0.167. The van der Waals surface area contributed by atoms with Gasteiger partial charge in [-0.1, -0.05) is 44.1 Å². The minimum atomic E-state index is -4.49. The van der Waals surface area contributed by atoms with E-state index in [-0.39, 0.29) is 28.2 Å². The van der Waals surface area contributed by atoms with Crippen LogP contribution in [0.4, 0.5) is 26.3 Å². The molecule has 212 valence electrons. The first kappa shape index (κ1) is 29.7. The molecule has 0 saturated heterocycles. The van der Waals surface area contributed by atoms with Crippen LogP contribution in [0, 0.1) is 51.8 Å². The number of nitrogens with zero attached hydrogens (tertiary/aromatic N) is 1. The molecule has 0 heterocycles. The number of halogens is 6. The van der Waals surface area contributed by atoms with Gasteiger partial charge >= 0.3 is 6.11 Å². The molecule has 0 unspecified atom stereocenters. The molecule has 0 bridgehead atoms. The van der Waals surface area contributed by atoms with Gasteiger partial charge < -0.3 is 10.1 Å². The number of ether oxygens (including phenoxy) is 1. The minimum absolute atomic E-state index is 0.0116. The summed E-state index contributed by atoms with van der Waals surface area (Å²) >= 11 is 0. The molecule has 1 N–H and O–H groups in total. The summed E-state index contributed by atoms with van der Waals surface area (Å²) in [7, 11) is 0. The number of nitrogens with one attached hydrogen (secondary N) is 1. The molecular formula is C32H26F6N2O. The Morgan fingerprint density at radius 1 is 0.927 bits per heavy atom. The van der Waals surface area contributed by atoms with Gasteiger partial charge in [0.25, 0.3) is 0 Å². The number of allylic oxidation sites excluding steroid dienone is 3. The first-order valence-corrected chi connectivity index (χ1v) is 13.0. The lowest BCUT2D eigenvalue weighted by Crippen LogP contribution is -2.25. The molecule has 1 saturated carbocycles. The van der Waals surface area contributed by atoms with Gasteiger partial charge in [0, 0.05) is 17.8 Å². The van der Waals surface area contributed by atoms with Crippen molar-refractivity contribution in [3.8, 4) is 22.9 Å². The fourth-order valence-corrected chi connectivity index (χ4v) is 4.90. The van der Waals surface area contributed by atoms with Crippen molar-refractivity contribution in [3.63, 3.8) is 0 Å². The van der Waals surface area contributed by atoms with E-state index >= 15 is 0 Å². The molecule has 0 aliphatic heterocycles. The molecule has 3 aromatic carbocycles. The van der Waals surface area contributed by atoms with E-state index in [0.717, 1.165) is 67.7 Å². The summed E-state index contributed by atoms with van der Waals surface area (Å²) in [6.07, 6.45) is 5.33. The average molecular weight is 569 g/mol. The number of rotatable bonds is 8. The highest BCUT2D eigenvalue weighted by Gasteiger charge is 2.41. The van der Waals surface area contributed by atoms with Crippen molar-refractivity contribution in [1.82, 2.24) is 0 Å². The van der Waals surface area contributed by atoms with Crippen molar-refractivity contribution in [1.29, 1.82) is 10.7 Å². The third-order valence-corrected chi connectivity index (χ3v) is 7.17. The van der Waals surface area contributed by atoms with Crippen molar-refractivity contribution >= 4 is 12.3 Å². The fourth-order valence-electron chi connectivity index (χ4n) is 4.90. The van der Waals surface area contributed by atoms with Gasteiger partial charge in [0.2, 0.25) is 0 Å². The second-order valence-corrected chi connectivity index (χ2v) is 10.1. The standard InChI is InChI=1S/C32H26F6N2O/c1-19-5-7-21(8-6-19)23(17-39)4-2-3-20-13-29(35)31(30(36)14-20)32(37,38)41-25-11-12-26(28(34)16-25)22-9-10-24(18-40)27(33)15-22/h2-4,9-17,19,21,39H,5-8H2,1H3/b3-2+,23-4+,39-17?. The summed E-state index contributed by atoms with van der Waals surface area (Å²) < 4.78 is 92.3. The predicted octanol–water partition coefficient (Wildman–Crippen LogP) is 9.33. The largest absolute Gasteiger partial charge is 0.432 e. The molecule has 1 aliphatic rings. The Bertz CT molecular complexity index is 1530. The number of hydrogen-bond acceptors (Lipinski definition) is 3. The van der Waals surface area contributed by atoms with Crippen molar-refractivity contribution < 1.29 is 31.1 Å². The Kier molecular flexibility index (Phi) is 9.01. The summed E-state index contributed by atoms with van der Waals surface area (Å²) in [5, 5.41) is 16.5. The van der Waals surface area contributed by atoms with Crippen LogP contribution in [-0.2, 0) is 6.11 Å². The van der Waals surface area contributed by atoms with Gasteiger partial charge in [-0.25, -0.2) is 17.6 Å². The number of alkyl halides is 2. The Morgan fingerprint density at radius 3 is 2.20 bits per heavy atom. The zero-order valence-electron chi connectivity index (χ0n) is 22.0. The van der Waals surface area contributed by atoms with Gasteiger partial charge in [0.15, 0.2) is 0 Å². The maximum absolute atomic E-state index is 14.9. The van der Waals surface area contributed by atoms with E-state index in [9.17, 15) is 26.3 Å². The van der Waals surface area contributed by atoms with E-state index in [1.807, 2.05) is 0 Å². The third-order valence-electron chi connectivity index (χ3n) is 7.17. The smallest absolute Gasteiger partial charge is 0.429 e. The second kappa shape index (κ2) is 12.5. The number of nitriles is 1. The van der Waals surface area contributed by atoms with Gasteiger partial charge in [-0.2, -0.15) is 14.0 Å². The Morgan fingerprint density at radius 2 is 1.61 bits per heavy atom. The first-order chi connectivity index (χ1) is 19.5. The molecule has 0 radical (unpaired) electrons. The van der Waals surface area contributed by atoms with Crippen LogP contribution in [0.1, 0.15) is 49.3 Å². The van der Waals surface area contributed by atoms with E-state index in [0.29, 0.717) is 12.0 Å². The Labute approximate surface area is 233 Å². The molecule has 3 nitrogen and oxygen atoms in total. The highest BCUT2D eigenvalue weighted by Crippen LogP contribution is 2.37. The molecular weight excluding hydrogens is 542 g/mol. The maximum atomic E-state index is 14.9. The lowest BCUT2D eigenvalue weighted by atomic mass is 9.79. The van der Waals surface area contributed by atoms with Crippen LogP contribution in [0.15, 0.2) is 66.3 Å². The topological polar surface area (TPSA) is 56.9 Å². The molecule has 1 aliphatic carbocycles. The van der Waals surface area contributed by atoms with E-state index in [4.69, 9.17) is 10.7 Å². The second-order valence-electron chi connectivity index (χ2n) is 10.1. The molecule has 0 aromatic heterocycles. The lowest BCUT2D eigenvalue weighted by Gasteiger charge is -2.26. The molecule has 0 spiro atoms. The van der Waals surface area contributed by atoms with Crippen molar-refractivity contribution in [3.05, 3.63) is 106 Å². The van der Waals surface area contributed by atoms with Gasteiger partial charge in [-0.15, -0.1) is 0 Å². The summed E-state index contributed by atoms with van der Waals surface area (Å²) in [5.41, 5.74) is -1.22. The summed E-state index contributed by atoms with van der Waals surface area (Å²) in [4.78, 5) is 0. The SMILES string of the molecule is CC1CCC(/C(C=N)=C/C=C/c2cc(F)c(C(F)(F)Oc3ccc(-c4ccc(C#N)c(F)c4)c(F)c3)c(F)c2)CC1. The number of hydrogen-bond donors (Lipinski definition) is 1. The summed E-state index contributed by atoms with van der Waals surface area (Å²) in [5.74, 6) is -4.90. The van der Waals surface area contributed by atoms with Gasteiger partial charge in [0.1, 0.15) is 40.7 Å². The van der Waals surface area contributed by atoms with E-state index in [1.165, 1.54) is 24.4 Å². The molecule has 4 rings (SSSR count). The minimum Gasteiger partial charge on any atom is -0.429 e. The monoisotopic (exact) mass is 568 g/mol. The van der Waals surface area contributed by atoms with Crippen LogP contribution >= 0.6 is 0 Å². The first-order valence-electron chi connectivity index (χ1n) is 13.0.